The van der Waals surface area contributed by atoms with E-state index in [1.54, 1.807) is 23.0 Å². The Morgan fingerprint density at radius 3 is 2.61 bits per heavy atom. The van der Waals surface area contributed by atoms with Crippen molar-refractivity contribution in [2.75, 3.05) is 0 Å². The van der Waals surface area contributed by atoms with Crippen LogP contribution < -0.4 is 10.9 Å². The Bertz CT molecular complexity index is 1100. The Morgan fingerprint density at radius 2 is 1.82 bits per heavy atom. The number of aromatic nitrogens is 3. The van der Waals surface area contributed by atoms with E-state index in [-0.39, 0.29) is 18.2 Å². The standard InChI is InChI=1S/C21H19N5O2/c27-20(12-17-13-22-19-5-2-1-4-18(17)19)24-25-21(28)16-8-6-15(7-9-16)14-26-11-3-10-23-26/h1-11,13,22H,12,14H2,(H,24,27)(H,25,28). The number of H-pyrrole nitrogens is 1. The van der Waals surface area contributed by atoms with E-state index in [0.29, 0.717) is 12.1 Å². The first-order valence-corrected chi connectivity index (χ1v) is 8.89. The van der Waals surface area contributed by atoms with Crippen LogP contribution in [0.3, 0.4) is 0 Å². The third kappa shape index (κ3) is 3.93. The summed E-state index contributed by atoms with van der Waals surface area (Å²) in [6.07, 6.45) is 5.59. The monoisotopic (exact) mass is 373 g/mol. The average Bonchev–Trinajstić information content (AvgIpc) is 3.37. The van der Waals surface area contributed by atoms with Gasteiger partial charge in [0.2, 0.25) is 5.91 Å². The molecule has 4 rings (SSSR count). The number of nitrogens with zero attached hydrogens (tertiary/aromatic N) is 2. The van der Waals surface area contributed by atoms with Gasteiger partial charge in [0.15, 0.2) is 0 Å². The molecule has 28 heavy (non-hydrogen) atoms. The van der Waals surface area contributed by atoms with Crippen molar-refractivity contribution in [1.29, 1.82) is 0 Å². The maximum atomic E-state index is 12.2. The second-order valence-electron chi connectivity index (χ2n) is 6.44. The van der Waals surface area contributed by atoms with Crippen molar-refractivity contribution in [2.24, 2.45) is 0 Å². The van der Waals surface area contributed by atoms with Crippen LogP contribution >= 0.6 is 0 Å². The summed E-state index contributed by atoms with van der Waals surface area (Å²) in [7, 11) is 0. The molecule has 0 fully saturated rings. The molecule has 0 bridgehead atoms. The summed E-state index contributed by atoms with van der Waals surface area (Å²) in [6.45, 7) is 0.635. The fourth-order valence-electron chi connectivity index (χ4n) is 3.04. The normalized spacial score (nSPS) is 10.7. The van der Waals surface area contributed by atoms with Gasteiger partial charge in [-0.25, -0.2) is 0 Å². The summed E-state index contributed by atoms with van der Waals surface area (Å²) in [5.74, 6) is -0.647. The zero-order chi connectivity index (χ0) is 19.3. The van der Waals surface area contributed by atoms with E-state index < -0.39 is 0 Å². The zero-order valence-electron chi connectivity index (χ0n) is 15.1. The zero-order valence-corrected chi connectivity index (χ0v) is 15.1. The lowest BCUT2D eigenvalue weighted by Crippen LogP contribution is -2.42. The van der Waals surface area contributed by atoms with Crippen molar-refractivity contribution >= 4 is 22.7 Å². The lowest BCUT2D eigenvalue weighted by Gasteiger charge is -2.08. The molecule has 0 saturated heterocycles. The number of benzene rings is 2. The number of amides is 2. The summed E-state index contributed by atoms with van der Waals surface area (Å²) in [5.41, 5.74) is 8.28. The molecule has 2 amide bonds. The first-order chi connectivity index (χ1) is 13.7. The smallest absolute Gasteiger partial charge is 0.269 e. The van der Waals surface area contributed by atoms with Gasteiger partial charge >= 0.3 is 0 Å². The number of fused-ring (bicyclic) bond motifs is 1. The molecule has 0 radical (unpaired) electrons. The molecule has 0 atom stereocenters. The maximum Gasteiger partial charge on any atom is 0.269 e. The van der Waals surface area contributed by atoms with Crippen LogP contribution in [0, 0.1) is 0 Å². The highest BCUT2D eigenvalue weighted by Gasteiger charge is 2.11. The summed E-state index contributed by atoms with van der Waals surface area (Å²) in [4.78, 5) is 27.5. The van der Waals surface area contributed by atoms with Crippen molar-refractivity contribution in [3.63, 3.8) is 0 Å². The predicted molar refractivity (Wildman–Crippen MR) is 105 cm³/mol. The van der Waals surface area contributed by atoms with Crippen LogP contribution in [0.5, 0.6) is 0 Å². The third-order valence-corrected chi connectivity index (χ3v) is 4.46. The van der Waals surface area contributed by atoms with Crippen molar-refractivity contribution in [3.8, 4) is 0 Å². The molecule has 0 aliphatic heterocycles. The van der Waals surface area contributed by atoms with Gasteiger partial charge in [0.05, 0.1) is 13.0 Å². The number of rotatable bonds is 5. The van der Waals surface area contributed by atoms with Gasteiger partial charge in [-0.1, -0.05) is 30.3 Å². The van der Waals surface area contributed by atoms with E-state index in [1.165, 1.54) is 0 Å². The number of aromatic amines is 1. The van der Waals surface area contributed by atoms with Gasteiger partial charge in [-0.2, -0.15) is 5.10 Å². The molecule has 7 nitrogen and oxygen atoms in total. The molecule has 4 aromatic rings. The van der Waals surface area contributed by atoms with Gasteiger partial charge in [-0.05, 0) is 35.4 Å². The Kier molecular flexibility index (Phi) is 4.88. The van der Waals surface area contributed by atoms with E-state index in [2.05, 4.69) is 20.9 Å². The predicted octanol–water partition coefficient (Wildman–Crippen LogP) is 2.42. The molecular formula is C21H19N5O2. The third-order valence-electron chi connectivity index (χ3n) is 4.46. The minimum absolute atomic E-state index is 0.174. The van der Waals surface area contributed by atoms with E-state index in [1.807, 2.05) is 54.9 Å². The van der Waals surface area contributed by atoms with Crippen LogP contribution in [-0.2, 0) is 17.8 Å². The minimum Gasteiger partial charge on any atom is -0.361 e. The van der Waals surface area contributed by atoms with E-state index in [9.17, 15) is 9.59 Å². The van der Waals surface area contributed by atoms with E-state index >= 15 is 0 Å². The van der Waals surface area contributed by atoms with Gasteiger partial charge in [0.25, 0.3) is 5.91 Å². The SMILES string of the molecule is O=C(Cc1c[nH]c2ccccc12)NNC(=O)c1ccc(Cn2cccn2)cc1. The Morgan fingerprint density at radius 1 is 1.00 bits per heavy atom. The summed E-state index contributed by atoms with van der Waals surface area (Å²) in [5, 5.41) is 5.15. The van der Waals surface area contributed by atoms with E-state index in [4.69, 9.17) is 0 Å². The first-order valence-electron chi connectivity index (χ1n) is 8.89. The molecule has 0 saturated carbocycles. The van der Waals surface area contributed by atoms with Crippen molar-refractivity contribution in [1.82, 2.24) is 25.6 Å². The van der Waals surface area contributed by atoms with Gasteiger partial charge in [-0.3, -0.25) is 25.1 Å². The average molecular weight is 373 g/mol. The van der Waals surface area contributed by atoms with Crippen molar-refractivity contribution in [2.45, 2.75) is 13.0 Å². The second-order valence-corrected chi connectivity index (χ2v) is 6.44. The molecule has 0 aliphatic rings. The number of para-hydroxylation sites is 1. The molecule has 2 heterocycles. The van der Waals surface area contributed by atoms with E-state index in [0.717, 1.165) is 22.0 Å². The van der Waals surface area contributed by atoms with Crippen LogP contribution in [-0.4, -0.2) is 26.6 Å². The molecule has 3 N–H and O–H groups in total. The largest absolute Gasteiger partial charge is 0.361 e. The Balaban J connectivity index is 1.31. The summed E-state index contributed by atoms with van der Waals surface area (Å²) >= 11 is 0. The van der Waals surface area contributed by atoms with Crippen LogP contribution in [0.1, 0.15) is 21.5 Å². The number of hydrogen-bond donors (Lipinski definition) is 3. The molecule has 140 valence electrons. The Hall–Kier alpha value is -3.87. The molecule has 7 heteroatoms. The Labute approximate surface area is 161 Å². The number of nitrogens with one attached hydrogen (secondary N) is 3. The fourth-order valence-corrected chi connectivity index (χ4v) is 3.04. The lowest BCUT2D eigenvalue weighted by molar-refractivity contribution is -0.121. The second kappa shape index (κ2) is 7.79. The van der Waals surface area contributed by atoms with Gasteiger partial charge in [-0.15, -0.1) is 0 Å². The topological polar surface area (TPSA) is 91.8 Å². The first kappa shape index (κ1) is 17.5. The molecular weight excluding hydrogens is 354 g/mol. The highest BCUT2D eigenvalue weighted by molar-refractivity contribution is 5.96. The highest BCUT2D eigenvalue weighted by Crippen LogP contribution is 2.17. The molecule has 2 aromatic heterocycles. The minimum atomic E-state index is -0.363. The van der Waals surface area contributed by atoms with Crippen LogP contribution in [0.4, 0.5) is 0 Å². The summed E-state index contributed by atoms with van der Waals surface area (Å²) < 4.78 is 1.81. The van der Waals surface area contributed by atoms with Crippen LogP contribution in [0.25, 0.3) is 10.9 Å². The maximum absolute atomic E-state index is 12.2. The molecule has 0 spiro atoms. The number of carbonyl (C=O) groups is 2. The van der Waals surface area contributed by atoms with Crippen LogP contribution in [0.2, 0.25) is 0 Å². The van der Waals surface area contributed by atoms with Crippen molar-refractivity contribution in [3.05, 3.63) is 89.9 Å². The summed E-state index contributed by atoms with van der Waals surface area (Å²) in [6, 6.07) is 16.8. The molecule has 0 unspecified atom stereocenters. The van der Waals surface area contributed by atoms with Gasteiger partial charge < -0.3 is 4.98 Å². The van der Waals surface area contributed by atoms with Crippen molar-refractivity contribution < 1.29 is 9.59 Å². The molecule has 0 aliphatic carbocycles. The molecule has 2 aromatic carbocycles. The van der Waals surface area contributed by atoms with Crippen LogP contribution in [0.15, 0.2) is 73.2 Å². The van der Waals surface area contributed by atoms with Gasteiger partial charge in [0.1, 0.15) is 0 Å². The number of hydrazine groups is 1. The van der Waals surface area contributed by atoms with Gasteiger partial charge in [0, 0.05) is 35.1 Å². The lowest BCUT2D eigenvalue weighted by atomic mass is 10.1. The number of hydrogen-bond acceptors (Lipinski definition) is 3. The highest BCUT2D eigenvalue weighted by atomic mass is 16.2. The quantitative estimate of drug-likeness (QED) is 0.469. The number of carbonyl (C=O) groups excluding carboxylic acids is 2. The fraction of sp³-hybridized carbons (Fsp3) is 0.0952.